The van der Waals surface area contributed by atoms with E-state index >= 15 is 0 Å². The second-order valence-corrected chi connectivity index (χ2v) is 3.47. The van der Waals surface area contributed by atoms with Crippen molar-refractivity contribution in [2.75, 3.05) is 26.2 Å². The fraction of sp³-hybridized carbons (Fsp3) is 0.636. The van der Waals surface area contributed by atoms with Crippen molar-refractivity contribution in [3.05, 3.63) is 0 Å². The second-order valence-electron chi connectivity index (χ2n) is 3.47. The third-order valence-corrected chi connectivity index (χ3v) is 2.38. The topological polar surface area (TPSA) is 89.5 Å². The molecule has 0 aliphatic carbocycles. The lowest BCUT2D eigenvalue weighted by atomic mass is 10.1. The number of nitrogens with zero attached hydrogens (tertiary/aromatic N) is 4. The van der Waals surface area contributed by atoms with Crippen LogP contribution in [0.25, 0.3) is 0 Å². The van der Waals surface area contributed by atoms with E-state index in [4.69, 9.17) is 15.3 Å². The van der Waals surface area contributed by atoms with Gasteiger partial charge in [-0.1, -0.05) is 0 Å². The van der Waals surface area contributed by atoms with Crippen LogP contribution in [-0.2, 0) is 9.53 Å². The molecule has 0 aromatic carbocycles. The molecular formula is C11H14N4O2. The van der Waals surface area contributed by atoms with Crippen LogP contribution < -0.4 is 0 Å². The van der Waals surface area contributed by atoms with Gasteiger partial charge in [-0.2, -0.15) is 10.5 Å². The molecule has 0 bridgehead atoms. The maximum Gasteiger partial charge on any atom is 0.307 e. The van der Waals surface area contributed by atoms with Crippen LogP contribution in [0.3, 0.4) is 0 Å². The van der Waals surface area contributed by atoms with Gasteiger partial charge in [0.1, 0.15) is 5.84 Å². The normalized spacial score (nSPS) is 14.1. The van der Waals surface area contributed by atoms with E-state index in [-0.39, 0.29) is 12.4 Å². The molecule has 1 heterocycles. The van der Waals surface area contributed by atoms with Crippen LogP contribution >= 0.6 is 0 Å². The molecule has 0 aromatic heterocycles. The quantitative estimate of drug-likeness (QED) is 0.639. The minimum absolute atomic E-state index is 0.246. The van der Waals surface area contributed by atoms with Gasteiger partial charge in [0.05, 0.1) is 31.7 Å². The molecule has 1 aliphatic heterocycles. The van der Waals surface area contributed by atoms with Gasteiger partial charge in [-0.25, -0.2) is 0 Å². The predicted octanol–water partition coefficient (Wildman–Crippen LogP) is 0.317. The lowest BCUT2D eigenvalue weighted by Gasteiger charge is -2.19. The summed E-state index contributed by atoms with van der Waals surface area (Å²) in [5.74, 6) is -0.650. The number of carbonyl (C=O) groups excluding carboxylic acids is 1. The average Bonchev–Trinajstić information content (AvgIpc) is 2.77. The first-order valence-electron chi connectivity index (χ1n) is 5.47. The van der Waals surface area contributed by atoms with E-state index in [1.54, 1.807) is 11.8 Å². The molecule has 0 atom stereocenters. The Kier molecular flexibility index (Phi) is 4.96. The molecule has 0 amide bonds. The molecule has 0 N–H and O–H groups in total. The van der Waals surface area contributed by atoms with E-state index < -0.39 is 5.92 Å². The summed E-state index contributed by atoms with van der Waals surface area (Å²) < 4.78 is 4.81. The number of hydrogen-bond acceptors (Lipinski definition) is 6. The monoisotopic (exact) mass is 234 g/mol. The van der Waals surface area contributed by atoms with Crippen molar-refractivity contribution >= 4 is 11.8 Å². The van der Waals surface area contributed by atoms with Gasteiger partial charge in [0.25, 0.3) is 0 Å². The van der Waals surface area contributed by atoms with Crippen molar-refractivity contribution in [1.82, 2.24) is 4.90 Å². The summed E-state index contributed by atoms with van der Waals surface area (Å²) in [5, 5.41) is 17.6. The number of esters is 1. The summed E-state index contributed by atoms with van der Waals surface area (Å²) in [6.07, 6.45) is 0.246. The molecule has 0 fully saturated rings. The first kappa shape index (κ1) is 13.0. The van der Waals surface area contributed by atoms with Gasteiger partial charge in [-0.3, -0.25) is 9.79 Å². The number of nitriles is 2. The molecule has 0 spiro atoms. The van der Waals surface area contributed by atoms with E-state index in [1.807, 2.05) is 12.1 Å². The van der Waals surface area contributed by atoms with Crippen molar-refractivity contribution in [3.63, 3.8) is 0 Å². The second kappa shape index (κ2) is 6.49. The summed E-state index contributed by atoms with van der Waals surface area (Å²) in [5.41, 5.74) is 0. The largest absolute Gasteiger partial charge is 0.466 e. The fourth-order valence-corrected chi connectivity index (χ4v) is 1.60. The molecule has 1 rings (SSSR count). The van der Waals surface area contributed by atoms with Crippen LogP contribution in [0.15, 0.2) is 4.99 Å². The molecule has 17 heavy (non-hydrogen) atoms. The molecule has 6 heteroatoms. The Hall–Kier alpha value is -2.08. The number of rotatable bonds is 5. The highest BCUT2D eigenvalue weighted by Gasteiger charge is 2.25. The van der Waals surface area contributed by atoms with Gasteiger partial charge in [0.2, 0.25) is 0 Å². The Morgan fingerprint density at radius 2 is 2.29 bits per heavy atom. The third-order valence-electron chi connectivity index (χ3n) is 2.38. The molecule has 0 saturated carbocycles. The Labute approximate surface area is 100 Å². The van der Waals surface area contributed by atoms with Gasteiger partial charge < -0.3 is 9.64 Å². The number of carbonyl (C=O) groups is 1. The molecule has 6 nitrogen and oxygen atoms in total. The van der Waals surface area contributed by atoms with E-state index in [1.165, 1.54) is 0 Å². The van der Waals surface area contributed by atoms with E-state index in [9.17, 15) is 4.79 Å². The highest BCUT2D eigenvalue weighted by Crippen LogP contribution is 2.10. The highest BCUT2D eigenvalue weighted by molar-refractivity contribution is 5.90. The van der Waals surface area contributed by atoms with Crippen molar-refractivity contribution in [1.29, 1.82) is 10.5 Å². The Balaban J connectivity index is 2.50. The predicted molar refractivity (Wildman–Crippen MR) is 59.8 cm³/mol. The lowest BCUT2D eigenvalue weighted by Crippen LogP contribution is -2.34. The maximum absolute atomic E-state index is 11.2. The smallest absolute Gasteiger partial charge is 0.307 e. The third kappa shape index (κ3) is 3.46. The van der Waals surface area contributed by atoms with Gasteiger partial charge in [-0.15, -0.1) is 0 Å². The standard InChI is InChI=1S/C11H14N4O2/c1-2-17-10(16)3-5-15-6-4-14-11(15)9(7-12)8-13/h9H,2-6H2,1H3. The van der Waals surface area contributed by atoms with Gasteiger partial charge in [0.15, 0.2) is 5.92 Å². The molecule has 0 unspecified atom stereocenters. The van der Waals surface area contributed by atoms with Crippen molar-refractivity contribution < 1.29 is 9.53 Å². The lowest BCUT2D eigenvalue weighted by molar-refractivity contribution is -0.143. The van der Waals surface area contributed by atoms with Crippen LogP contribution in [0.4, 0.5) is 0 Å². The van der Waals surface area contributed by atoms with Crippen LogP contribution in [0.2, 0.25) is 0 Å². The van der Waals surface area contributed by atoms with Crippen molar-refractivity contribution in [2.24, 2.45) is 10.9 Å². The maximum atomic E-state index is 11.2. The highest BCUT2D eigenvalue weighted by atomic mass is 16.5. The first-order valence-corrected chi connectivity index (χ1v) is 5.47. The Morgan fingerprint density at radius 1 is 1.59 bits per heavy atom. The molecule has 0 saturated heterocycles. The number of ether oxygens (including phenoxy) is 1. The van der Waals surface area contributed by atoms with E-state index in [0.29, 0.717) is 32.1 Å². The fourth-order valence-electron chi connectivity index (χ4n) is 1.60. The summed E-state index contributed by atoms with van der Waals surface area (Å²) in [6.45, 7) is 3.77. The molecule has 1 aliphatic rings. The number of hydrogen-bond donors (Lipinski definition) is 0. The van der Waals surface area contributed by atoms with E-state index in [0.717, 1.165) is 0 Å². The summed E-state index contributed by atoms with van der Waals surface area (Å²) in [4.78, 5) is 17.1. The van der Waals surface area contributed by atoms with Crippen LogP contribution in [0, 0.1) is 28.6 Å². The van der Waals surface area contributed by atoms with Crippen molar-refractivity contribution in [3.8, 4) is 12.1 Å². The zero-order chi connectivity index (χ0) is 12.7. The summed E-state index contributed by atoms with van der Waals surface area (Å²) >= 11 is 0. The Bertz CT molecular complexity index is 377. The Morgan fingerprint density at radius 3 is 2.88 bits per heavy atom. The van der Waals surface area contributed by atoms with Gasteiger partial charge in [0, 0.05) is 13.1 Å². The number of amidine groups is 1. The summed E-state index contributed by atoms with van der Waals surface area (Å²) in [7, 11) is 0. The van der Waals surface area contributed by atoms with Crippen molar-refractivity contribution in [2.45, 2.75) is 13.3 Å². The minimum Gasteiger partial charge on any atom is -0.466 e. The minimum atomic E-state index is -0.848. The number of aliphatic imine (C=N–C) groups is 1. The molecule has 90 valence electrons. The van der Waals surface area contributed by atoms with Gasteiger partial charge in [-0.05, 0) is 6.92 Å². The molecule has 0 aromatic rings. The SMILES string of the molecule is CCOC(=O)CCN1CCN=C1C(C#N)C#N. The molecular weight excluding hydrogens is 220 g/mol. The van der Waals surface area contributed by atoms with Crippen LogP contribution in [0.5, 0.6) is 0 Å². The van der Waals surface area contributed by atoms with Gasteiger partial charge >= 0.3 is 5.97 Å². The average molecular weight is 234 g/mol. The first-order chi connectivity index (χ1) is 8.22. The van der Waals surface area contributed by atoms with E-state index in [2.05, 4.69) is 4.99 Å². The van der Waals surface area contributed by atoms with Crippen LogP contribution in [-0.4, -0.2) is 42.9 Å². The zero-order valence-electron chi connectivity index (χ0n) is 9.72. The molecule has 0 radical (unpaired) electrons. The summed E-state index contributed by atoms with van der Waals surface area (Å²) in [6, 6.07) is 3.77. The van der Waals surface area contributed by atoms with Crippen LogP contribution in [0.1, 0.15) is 13.3 Å². The zero-order valence-corrected chi connectivity index (χ0v) is 9.72.